The van der Waals surface area contributed by atoms with Crippen LogP contribution in [0.2, 0.25) is 0 Å². The summed E-state index contributed by atoms with van der Waals surface area (Å²) in [6.45, 7) is 4.69. The van der Waals surface area contributed by atoms with Gasteiger partial charge in [-0.2, -0.15) is 5.10 Å². The highest BCUT2D eigenvalue weighted by Gasteiger charge is 2.24. The molecule has 26 heavy (non-hydrogen) atoms. The molecule has 0 saturated heterocycles. The Morgan fingerprint density at radius 3 is 2.50 bits per heavy atom. The number of nitro benzene ring substituents is 1. The molecule has 0 bridgehead atoms. The van der Waals surface area contributed by atoms with Crippen LogP contribution in [0.3, 0.4) is 0 Å². The molecule has 0 aliphatic heterocycles. The van der Waals surface area contributed by atoms with Crippen LogP contribution in [0.4, 0.5) is 17.1 Å². The molecule has 1 aromatic carbocycles. The highest BCUT2D eigenvalue weighted by molar-refractivity contribution is 5.94. The summed E-state index contributed by atoms with van der Waals surface area (Å²) in [4.78, 5) is 33.0. The third kappa shape index (κ3) is 3.77. The highest BCUT2D eigenvalue weighted by Crippen LogP contribution is 2.28. The Labute approximate surface area is 147 Å². The van der Waals surface area contributed by atoms with E-state index < -0.39 is 21.7 Å². The normalized spacial score (nSPS) is 11.8. The maximum absolute atomic E-state index is 12.3. The molecule has 1 unspecified atom stereocenters. The number of hydrogen-bond acceptors (Lipinski definition) is 7. The third-order valence-corrected chi connectivity index (χ3v) is 3.87. The van der Waals surface area contributed by atoms with Crippen molar-refractivity contribution in [2.24, 2.45) is 5.92 Å². The summed E-state index contributed by atoms with van der Waals surface area (Å²) < 4.78 is 1.37. The topological polar surface area (TPSA) is 153 Å². The number of hydrogen-bond donors (Lipinski definition) is 2. The number of aromatic nitrogens is 2. The van der Waals surface area contributed by atoms with Crippen molar-refractivity contribution in [3.8, 4) is 5.75 Å². The summed E-state index contributed by atoms with van der Waals surface area (Å²) in [5.41, 5.74) is 0.103. The van der Waals surface area contributed by atoms with Crippen LogP contribution in [0.15, 0.2) is 18.2 Å². The Balaban J connectivity index is 2.16. The number of non-ortho nitro benzene ring substituents is 1. The van der Waals surface area contributed by atoms with Crippen molar-refractivity contribution in [1.29, 1.82) is 0 Å². The molecule has 2 N–H and O–H groups in total. The molecular weight excluding hydrogens is 346 g/mol. The minimum absolute atomic E-state index is 0.0715. The summed E-state index contributed by atoms with van der Waals surface area (Å²) in [5.74, 6) is -1.49. The molecule has 0 spiro atoms. The fraction of sp³-hybridized carbons (Fsp3) is 0.333. The number of aryl methyl sites for hydroxylation is 1. The van der Waals surface area contributed by atoms with Gasteiger partial charge in [0.05, 0.1) is 28.0 Å². The zero-order valence-corrected chi connectivity index (χ0v) is 14.3. The number of amides is 1. The van der Waals surface area contributed by atoms with Crippen LogP contribution >= 0.6 is 0 Å². The van der Waals surface area contributed by atoms with E-state index in [2.05, 4.69) is 10.4 Å². The number of phenolic OH excluding ortho intramolecular Hbond substituents is 1. The van der Waals surface area contributed by atoms with Gasteiger partial charge in [-0.3, -0.25) is 29.7 Å². The summed E-state index contributed by atoms with van der Waals surface area (Å²) in [7, 11) is 0. The van der Waals surface area contributed by atoms with Gasteiger partial charge >= 0.3 is 5.69 Å². The van der Waals surface area contributed by atoms with Crippen LogP contribution in [0.5, 0.6) is 5.75 Å². The van der Waals surface area contributed by atoms with Gasteiger partial charge in [0.1, 0.15) is 17.1 Å². The first-order valence-electron chi connectivity index (χ1n) is 7.58. The van der Waals surface area contributed by atoms with E-state index in [-0.39, 0.29) is 35.1 Å². The Hall–Kier alpha value is -3.50. The predicted octanol–water partition coefficient (Wildman–Crippen LogP) is 2.30. The Kier molecular flexibility index (Phi) is 5.19. The molecule has 2 aromatic rings. The first-order valence-corrected chi connectivity index (χ1v) is 7.58. The van der Waals surface area contributed by atoms with E-state index in [0.717, 1.165) is 18.2 Å². The molecule has 1 heterocycles. The van der Waals surface area contributed by atoms with Gasteiger partial charge in [-0.15, -0.1) is 0 Å². The largest absolute Gasteiger partial charge is 0.506 e. The molecule has 0 aliphatic rings. The number of anilines is 1. The number of carbonyl (C=O) groups is 1. The average Bonchev–Trinajstić information content (AvgIpc) is 2.82. The lowest BCUT2D eigenvalue weighted by Gasteiger charge is -2.14. The molecule has 1 amide bonds. The molecule has 2 rings (SSSR count). The molecule has 0 saturated carbocycles. The van der Waals surface area contributed by atoms with Crippen molar-refractivity contribution in [2.75, 3.05) is 5.32 Å². The fourth-order valence-corrected chi connectivity index (χ4v) is 2.47. The molecule has 0 aliphatic carbocycles. The lowest BCUT2D eigenvalue weighted by Crippen LogP contribution is -2.25. The lowest BCUT2D eigenvalue weighted by molar-refractivity contribution is -0.386. The van der Waals surface area contributed by atoms with Crippen LogP contribution in [-0.4, -0.2) is 30.6 Å². The summed E-state index contributed by atoms with van der Waals surface area (Å²) in [6, 6.07) is 3.28. The fourth-order valence-electron chi connectivity index (χ4n) is 2.47. The number of nitro groups is 2. The van der Waals surface area contributed by atoms with Crippen molar-refractivity contribution in [1.82, 2.24) is 9.78 Å². The van der Waals surface area contributed by atoms with E-state index in [1.165, 1.54) is 18.5 Å². The summed E-state index contributed by atoms with van der Waals surface area (Å²) in [6.07, 6.45) is 0. The molecule has 0 fully saturated rings. The van der Waals surface area contributed by atoms with Gasteiger partial charge in [-0.25, -0.2) is 0 Å². The van der Waals surface area contributed by atoms with Crippen molar-refractivity contribution in [3.05, 3.63) is 49.8 Å². The van der Waals surface area contributed by atoms with Crippen molar-refractivity contribution in [3.63, 3.8) is 0 Å². The van der Waals surface area contributed by atoms with E-state index >= 15 is 0 Å². The van der Waals surface area contributed by atoms with Crippen LogP contribution < -0.4 is 5.32 Å². The van der Waals surface area contributed by atoms with Gasteiger partial charge in [-0.1, -0.05) is 6.92 Å². The Morgan fingerprint density at radius 1 is 1.31 bits per heavy atom. The molecule has 0 radical (unpaired) electrons. The number of nitrogens with one attached hydrogen (secondary N) is 1. The van der Waals surface area contributed by atoms with E-state index in [4.69, 9.17) is 0 Å². The second-order valence-corrected chi connectivity index (χ2v) is 5.81. The van der Waals surface area contributed by atoms with Gasteiger partial charge in [0, 0.05) is 12.1 Å². The third-order valence-electron chi connectivity index (χ3n) is 3.87. The van der Waals surface area contributed by atoms with Crippen molar-refractivity contribution in [2.45, 2.75) is 27.3 Å². The van der Waals surface area contributed by atoms with E-state index in [0.29, 0.717) is 5.69 Å². The maximum Gasteiger partial charge on any atom is 0.312 e. The Bertz CT molecular complexity index is 891. The van der Waals surface area contributed by atoms with Crippen LogP contribution in [0.1, 0.15) is 18.3 Å². The standard InChI is InChI=1S/C15H17N5O6/c1-8(7-18-10(3)14(20(25)26)9(2)17-18)15(22)16-12-6-11(19(23)24)4-5-13(12)21/h4-6,8,21H,7H2,1-3H3,(H,16,22). The molecule has 11 heteroatoms. The number of aromatic hydroxyl groups is 1. The number of carbonyl (C=O) groups excluding carboxylic acids is 1. The molecular formula is C15H17N5O6. The minimum atomic E-state index is -0.661. The number of nitrogens with zero attached hydrogens (tertiary/aromatic N) is 4. The monoisotopic (exact) mass is 363 g/mol. The zero-order chi connectivity index (χ0) is 19.6. The number of phenols is 1. The molecule has 11 nitrogen and oxygen atoms in total. The van der Waals surface area contributed by atoms with Gasteiger partial charge in [0.2, 0.25) is 5.91 Å². The SMILES string of the molecule is Cc1nn(CC(C)C(=O)Nc2cc([N+](=O)[O-])ccc2O)c(C)c1[N+](=O)[O-]. The highest BCUT2D eigenvalue weighted by atomic mass is 16.6. The lowest BCUT2D eigenvalue weighted by atomic mass is 10.1. The first kappa shape index (κ1) is 18.8. The molecule has 138 valence electrons. The van der Waals surface area contributed by atoms with Gasteiger partial charge in [0.15, 0.2) is 0 Å². The molecule has 1 atom stereocenters. The van der Waals surface area contributed by atoms with E-state index in [1.807, 2.05) is 0 Å². The number of rotatable bonds is 6. The van der Waals surface area contributed by atoms with Gasteiger partial charge in [-0.05, 0) is 19.9 Å². The first-order chi connectivity index (χ1) is 12.1. The second kappa shape index (κ2) is 7.17. The molecule has 1 aromatic heterocycles. The maximum atomic E-state index is 12.3. The second-order valence-electron chi connectivity index (χ2n) is 5.81. The van der Waals surface area contributed by atoms with Crippen molar-refractivity contribution >= 4 is 23.0 Å². The quantitative estimate of drug-likeness (QED) is 0.453. The van der Waals surface area contributed by atoms with Crippen LogP contribution in [0.25, 0.3) is 0 Å². The van der Waals surface area contributed by atoms with Gasteiger partial charge in [0.25, 0.3) is 5.69 Å². The van der Waals surface area contributed by atoms with Crippen molar-refractivity contribution < 1.29 is 19.7 Å². The average molecular weight is 363 g/mol. The van der Waals surface area contributed by atoms with E-state index in [1.54, 1.807) is 6.92 Å². The van der Waals surface area contributed by atoms with Gasteiger partial charge < -0.3 is 10.4 Å². The van der Waals surface area contributed by atoms with E-state index in [9.17, 15) is 30.1 Å². The summed E-state index contributed by atoms with van der Waals surface area (Å²) >= 11 is 0. The van der Waals surface area contributed by atoms with Crippen LogP contribution in [0, 0.1) is 40.0 Å². The smallest absolute Gasteiger partial charge is 0.312 e. The number of benzene rings is 1. The zero-order valence-electron chi connectivity index (χ0n) is 14.3. The Morgan fingerprint density at radius 2 is 1.96 bits per heavy atom. The van der Waals surface area contributed by atoms with Crippen LogP contribution in [-0.2, 0) is 11.3 Å². The minimum Gasteiger partial charge on any atom is -0.506 e. The predicted molar refractivity (Wildman–Crippen MR) is 90.9 cm³/mol. The summed E-state index contributed by atoms with van der Waals surface area (Å²) in [5, 5.41) is 38.1.